The van der Waals surface area contributed by atoms with Gasteiger partial charge in [-0.1, -0.05) is 48.6 Å². The molecule has 1 heterocycles. The van der Waals surface area contributed by atoms with Gasteiger partial charge in [0.25, 0.3) is 5.91 Å². The number of nitrogens with zero attached hydrogens (tertiary/aromatic N) is 2. The Labute approximate surface area is 139 Å². The predicted octanol–water partition coefficient (Wildman–Crippen LogP) is 4.70. The van der Waals surface area contributed by atoms with Crippen LogP contribution in [0.5, 0.6) is 0 Å². The van der Waals surface area contributed by atoms with Gasteiger partial charge in [0.15, 0.2) is 4.34 Å². The third-order valence-corrected chi connectivity index (χ3v) is 4.89. The monoisotopic (exact) mass is 361 g/mol. The van der Waals surface area contributed by atoms with Crippen LogP contribution in [0.15, 0.2) is 28.6 Å². The molecule has 1 aromatic carbocycles. The SMILES string of the molecule is CCCCSc1nnc(NC(=O)c2ccccc2C(F)(F)F)s1. The van der Waals surface area contributed by atoms with Crippen LogP contribution < -0.4 is 5.32 Å². The number of amides is 1. The van der Waals surface area contributed by atoms with Crippen molar-refractivity contribution in [3.63, 3.8) is 0 Å². The second-order valence-corrected chi connectivity index (χ2v) is 6.89. The second-order valence-electron chi connectivity index (χ2n) is 4.57. The van der Waals surface area contributed by atoms with Gasteiger partial charge < -0.3 is 0 Å². The molecule has 9 heteroatoms. The van der Waals surface area contributed by atoms with Gasteiger partial charge in [-0.25, -0.2) is 0 Å². The third kappa shape index (κ3) is 4.93. The maximum Gasteiger partial charge on any atom is 0.417 e. The summed E-state index contributed by atoms with van der Waals surface area (Å²) in [5.74, 6) is 0.0369. The van der Waals surface area contributed by atoms with Gasteiger partial charge in [-0.2, -0.15) is 13.2 Å². The number of alkyl halides is 3. The van der Waals surface area contributed by atoms with Crippen molar-refractivity contribution in [2.45, 2.75) is 30.3 Å². The number of anilines is 1. The van der Waals surface area contributed by atoms with E-state index in [1.165, 1.54) is 23.9 Å². The van der Waals surface area contributed by atoms with E-state index in [2.05, 4.69) is 22.4 Å². The largest absolute Gasteiger partial charge is 0.417 e. The number of aromatic nitrogens is 2. The molecule has 0 fully saturated rings. The van der Waals surface area contributed by atoms with Gasteiger partial charge in [0.1, 0.15) is 0 Å². The van der Waals surface area contributed by atoms with E-state index >= 15 is 0 Å². The zero-order chi connectivity index (χ0) is 16.9. The first-order valence-corrected chi connectivity index (χ1v) is 8.66. The lowest BCUT2D eigenvalue weighted by Gasteiger charge is -2.11. The Balaban J connectivity index is 2.08. The first kappa shape index (κ1) is 17.7. The van der Waals surface area contributed by atoms with Crippen molar-refractivity contribution in [1.29, 1.82) is 0 Å². The fraction of sp³-hybridized carbons (Fsp3) is 0.357. The van der Waals surface area contributed by atoms with Crippen molar-refractivity contribution in [2.75, 3.05) is 11.1 Å². The summed E-state index contributed by atoms with van der Waals surface area (Å²) in [6.07, 6.45) is -2.50. The molecular formula is C14H14F3N3OS2. The molecule has 124 valence electrons. The average Bonchev–Trinajstić information content (AvgIpc) is 2.94. The minimum atomic E-state index is -4.59. The highest BCUT2D eigenvalue weighted by molar-refractivity contribution is 8.01. The normalized spacial score (nSPS) is 11.5. The molecule has 1 N–H and O–H groups in total. The van der Waals surface area contributed by atoms with Crippen LogP contribution in [0, 0.1) is 0 Å². The highest BCUT2D eigenvalue weighted by Crippen LogP contribution is 2.32. The van der Waals surface area contributed by atoms with Crippen LogP contribution in [0.2, 0.25) is 0 Å². The van der Waals surface area contributed by atoms with Gasteiger partial charge in [-0.15, -0.1) is 10.2 Å². The van der Waals surface area contributed by atoms with Gasteiger partial charge in [-0.3, -0.25) is 10.1 Å². The molecular weight excluding hydrogens is 347 g/mol. The highest BCUT2D eigenvalue weighted by atomic mass is 32.2. The van der Waals surface area contributed by atoms with E-state index in [4.69, 9.17) is 0 Å². The Morgan fingerprint density at radius 1 is 1.30 bits per heavy atom. The smallest absolute Gasteiger partial charge is 0.296 e. The third-order valence-electron chi connectivity index (χ3n) is 2.83. The summed E-state index contributed by atoms with van der Waals surface area (Å²) in [6, 6.07) is 4.64. The molecule has 0 aliphatic carbocycles. The van der Waals surface area contributed by atoms with Gasteiger partial charge in [-0.05, 0) is 18.6 Å². The van der Waals surface area contributed by atoms with Crippen molar-refractivity contribution < 1.29 is 18.0 Å². The summed E-state index contributed by atoms with van der Waals surface area (Å²) in [4.78, 5) is 12.1. The Hall–Kier alpha value is -1.61. The Bertz CT molecular complexity index is 673. The van der Waals surface area contributed by atoms with E-state index < -0.39 is 23.2 Å². The van der Waals surface area contributed by atoms with Gasteiger partial charge >= 0.3 is 6.18 Å². The highest BCUT2D eigenvalue weighted by Gasteiger charge is 2.35. The number of unbranched alkanes of at least 4 members (excludes halogenated alkanes) is 1. The summed E-state index contributed by atoms with van der Waals surface area (Å²) >= 11 is 2.66. The van der Waals surface area contributed by atoms with Gasteiger partial charge in [0.2, 0.25) is 5.13 Å². The molecule has 4 nitrogen and oxygen atoms in total. The number of carbonyl (C=O) groups is 1. The van der Waals surface area contributed by atoms with E-state index in [1.807, 2.05) is 0 Å². The lowest BCUT2D eigenvalue weighted by Crippen LogP contribution is -2.18. The summed E-state index contributed by atoms with van der Waals surface area (Å²) in [7, 11) is 0. The number of hydrogen-bond acceptors (Lipinski definition) is 5. The van der Waals surface area contributed by atoms with Crippen molar-refractivity contribution in [1.82, 2.24) is 10.2 Å². The van der Waals surface area contributed by atoms with Crippen molar-refractivity contribution in [3.8, 4) is 0 Å². The summed E-state index contributed by atoms with van der Waals surface area (Å²) in [5.41, 5.74) is -1.41. The number of halogens is 3. The summed E-state index contributed by atoms with van der Waals surface area (Å²) in [5, 5.41) is 10.2. The van der Waals surface area contributed by atoms with Crippen LogP contribution in [-0.4, -0.2) is 21.9 Å². The average molecular weight is 361 g/mol. The Kier molecular flexibility index (Phi) is 6.00. The van der Waals surface area contributed by atoms with Crippen molar-refractivity contribution in [2.24, 2.45) is 0 Å². The zero-order valence-corrected chi connectivity index (χ0v) is 13.8. The fourth-order valence-electron chi connectivity index (χ4n) is 1.72. The molecule has 2 rings (SSSR count). The Morgan fingerprint density at radius 3 is 2.74 bits per heavy atom. The number of thioether (sulfide) groups is 1. The van der Waals surface area contributed by atoms with E-state index in [1.54, 1.807) is 0 Å². The van der Waals surface area contributed by atoms with Crippen molar-refractivity contribution >= 4 is 34.1 Å². The molecule has 1 aromatic heterocycles. The van der Waals surface area contributed by atoms with E-state index in [0.717, 1.165) is 42.1 Å². The molecule has 0 saturated carbocycles. The number of nitrogens with one attached hydrogen (secondary N) is 1. The van der Waals surface area contributed by atoms with E-state index in [0.29, 0.717) is 4.34 Å². The predicted molar refractivity (Wildman–Crippen MR) is 84.9 cm³/mol. The van der Waals surface area contributed by atoms with Crippen LogP contribution >= 0.6 is 23.1 Å². The molecule has 0 aliphatic rings. The molecule has 0 bridgehead atoms. The molecule has 0 unspecified atom stereocenters. The van der Waals surface area contributed by atoms with Crippen LogP contribution in [0.4, 0.5) is 18.3 Å². The van der Waals surface area contributed by atoms with Crippen molar-refractivity contribution in [3.05, 3.63) is 35.4 Å². The van der Waals surface area contributed by atoms with Gasteiger partial charge in [0.05, 0.1) is 11.1 Å². The van der Waals surface area contributed by atoms with Crippen LogP contribution in [0.25, 0.3) is 0 Å². The summed E-state index contributed by atoms with van der Waals surface area (Å²) < 4.78 is 39.4. The standard InChI is InChI=1S/C14H14F3N3OS2/c1-2-3-8-22-13-20-19-12(23-13)18-11(21)9-6-4-5-7-10(9)14(15,16)17/h4-7H,2-3,8H2,1H3,(H,18,19,21). The summed E-state index contributed by atoms with van der Waals surface area (Å²) in [6.45, 7) is 2.07. The number of benzene rings is 1. The number of rotatable bonds is 6. The second kappa shape index (κ2) is 7.78. The molecule has 2 aromatic rings. The molecule has 0 saturated heterocycles. The minimum Gasteiger partial charge on any atom is -0.296 e. The topological polar surface area (TPSA) is 54.9 Å². The number of carbonyl (C=O) groups excluding carboxylic acids is 1. The molecule has 0 atom stereocenters. The van der Waals surface area contributed by atoms with E-state index in [9.17, 15) is 18.0 Å². The molecule has 0 spiro atoms. The first-order valence-electron chi connectivity index (χ1n) is 6.85. The van der Waals surface area contributed by atoms with Crippen LogP contribution in [-0.2, 0) is 6.18 Å². The van der Waals surface area contributed by atoms with Crippen LogP contribution in [0.1, 0.15) is 35.7 Å². The maximum atomic E-state index is 12.9. The van der Waals surface area contributed by atoms with Crippen LogP contribution in [0.3, 0.4) is 0 Å². The number of hydrogen-bond donors (Lipinski definition) is 1. The lowest BCUT2D eigenvalue weighted by atomic mass is 10.1. The molecule has 0 aliphatic heterocycles. The molecule has 23 heavy (non-hydrogen) atoms. The minimum absolute atomic E-state index is 0.186. The molecule has 0 radical (unpaired) electrons. The van der Waals surface area contributed by atoms with E-state index in [-0.39, 0.29) is 5.13 Å². The lowest BCUT2D eigenvalue weighted by molar-refractivity contribution is -0.137. The quantitative estimate of drug-likeness (QED) is 0.460. The maximum absolute atomic E-state index is 12.9. The van der Waals surface area contributed by atoms with Gasteiger partial charge in [0, 0.05) is 5.75 Å². The Morgan fingerprint density at radius 2 is 2.04 bits per heavy atom. The molecule has 1 amide bonds. The fourth-order valence-corrected chi connectivity index (χ4v) is 3.62. The first-order chi connectivity index (χ1) is 10.9. The zero-order valence-electron chi connectivity index (χ0n) is 12.2.